The zero-order chi connectivity index (χ0) is 17.1. The minimum Gasteiger partial charge on any atom is -0.326 e. The van der Waals surface area contributed by atoms with Crippen LogP contribution in [-0.2, 0) is 4.79 Å². The molecule has 0 unspecified atom stereocenters. The van der Waals surface area contributed by atoms with Gasteiger partial charge in [0.2, 0.25) is 5.91 Å². The van der Waals surface area contributed by atoms with Gasteiger partial charge in [-0.15, -0.1) is 0 Å². The van der Waals surface area contributed by atoms with E-state index in [1.54, 1.807) is 0 Å². The average Bonchev–Trinajstić information content (AvgIpc) is 3.00. The minimum atomic E-state index is 0.0722. The molecule has 0 spiro atoms. The molecule has 2 heterocycles. The second-order valence-corrected chi connectivity index (χ2v) is 6.23. The highest BCUT2D eigenvalue weighted by Crippen LogP contribution is 2.26. The van der Waals surface area contributed by atoms with Crippen LogP contribution in [0, 0.1) is 13.8 Å². The number of anilines is 1. The number of hydrogen-bond acceptors (Lipinski definition) is 2. The Labute approximate surface area is 142 Å². The lowest BCUT2D eigenvalue weighted by atomic mass is 10.1. The lowest BCUT2D eigenvalue weighted by molar-refractivity contribution is -0.116. The van der Waals surface area contributed by atoms with Gasteiger partial charge >= 0.3 is 0 Å². The summed E-state index contributed by atoms with van der Waals surface area (Å²) in [5.74, 6) is 0.0722. The van der Waals surface area contributed by atoms with Gasteiger partial charge in [-0.25, -0.2) is 4.98 Å². The number of unbranched alkanes of at least 4 members (excludes halogenated alkanes) is 1. The maximum atomic E-state index is 12.0. The quantitative estimate of drug-likeness (QED) is 0.737. The normalized spacial score (nSPS) is 11.0. The van der Waals surface area contributed by atoms with Gasteiger partial charge in [0.05, 0.1) is 5.69 Å². The van der Waals surface area contributed by atoms with Crippen LogP contribution in [0.4, 0.5) is 5.69 Å². The number of pyridine rings is 1. The van der Waals surface area contributed by atoms with Gasteiger partial charge in [-0.2, -0.15) is 0 Å². The van der Waals surface area contributed by atoms with E-state index in [9.17, 15) is 4.79 Å². The first kappa shape index (κ1) is 16.2. The highest BCUT2D eigenvalue weighted by Gasteiger charge is 2.10. The van der Waals surface area contributed by atoms with Gasteiger partial charge in [-0.3, -0.25) is 4.79 Å². The van der Waals surface area contributed by atoms with E-state index in [0.29, 0.717) is 6.42 Å². The molecule has 3 rings (SSSR count). The fourth-order valence-corrected chi connectivity index (χ4v) is 2.76. The van der Waals surface area contributed by atoms with Crippen LogP contribution in [0.5, 0.6) is 0 Å². The molecular weight excluding hydrogens is 298 g/mol. The van der Waals surface area contributed by atoms with Gasteiger partial charge in [0.15, 0.2) is 0 Å². The maximum absolute atomic E-state index is 12.0. The summed E-state index contributed by atoms with van der Waals surface area (Å²) in [6.45, 7) is 6.15. The second-order valence-electron chi connectivity index (χ2n) is 6.23. The molecule has 124 valence electrons. The van der Waals surface area contributed by atoms with Gasteiger partial charge in [-0.1, -0.05) is 31.5 Å². The molecule has 0 saturated carbocycles. The molecule has 0 atom stereocenters. The SMILES string of the molecule is CCCCC(=O)Nc1cc(-c2cn3cccc(C)c3n2)ccc1C. The molecule has 0 aliphatic rings. The molecule has 0 aliphatic heterocycles. The number of rotatable bonds is 5. The van der Waals surface area contributed by atoms with Crippen LogP contribution in [0.25, 0.3) is 16.9 Å². The summed E-state index contributed by atoms with van der Waals surface area (Å²) in [4.78, 5) is 16.8. The number of nitrogens with zero attached hydrogens (tertiary/aromatic N) is 2. The van der Waals surface area contributed by atoms with Crippen molar-refractivity contribution in [2.75, 3.05) is 5.32 Å². The zero-order valence-corrected chi connectivity index (χ0v) is 14.5. The molecular formula is C20H23N3O. The number of carbonyl (C=O) groups is 1. The molecule has 4 nitrogen and oxygen atoms in total. The topological polar surface area (TPSA) is 46.4 Å². The number of hydrogen-bond donors (Lipinski definition) is 1. The Kier molecular flexibility index (Phi) is 4.65. The van der Waals surface area contributed by atoms with Crippen LogP contribution >= 0.6 is 0 Å². The smallest absolute Gasteiger partial charge is 0.224 e. The number of carbonyl (C=O) groups excluding carboxylic acids is 1. The fourth-order valence-electron chi connectivity index (χ4n) is 2.76. The van der Waals surface area contributed by atoms with E-state index >= 15 is 0 Å². The molecule has 0 bridgehead atoms. The summed E-state index contributed by atoms with van der Waals surface area (Å²) < 4.78 is 2.03. The van der Waals surface area contributed by atoms with E-state index in [-0.39, 0.29) is 5.91 Å². The number of fused-ring (bicyclic) bond motifs is 1. The summed E-state index contributed by atoms with van der Waals surface area (Å²) in [5, 5.41) is 3.03. The van der Waals surface area contributed by atoms with Crippen molar-refractivity contribution in [3.8, 4) is 11.3 Å². The van der Waals surface area contributed by atoms with Crippen molar-refractivity contribution < 1.29 is 4.79 Å². The van der Waals surface area contributed by atoms with E-state index in [1.807, 2.05) is 48.0 Å². The van der Waals surface area contributed by atoms with Crippen molar-refractivity contribution in [1.82, 2.24) is 9.38 Å². The molecule has 2 aromatic heterocycles. The largest absolute Gasteiger partial charge is 0.326 e. The Hall–Kier alpha value is -2.62. The van der Waals surface area contributed by atoms with E-state index in [2.05, 4.69) is 25.2 Å². The number of amides is 1. The lowest BCUT2D eigenvalue weighted by Gasteiger charge is -2.09. The van der Waals surface area contributed by atoms with Gasteiger partial charge < -0.3 is 9.72 Å². The van der Waals surface area contributed by atoms with Crippen molar-refractivity contribution in [1.29, 1.82) is 0 Å². The average molecular weight is 321 g/mol. The molecule has 1 amide bonds. The van der Waals surface area contributed by atoms with Gasteiger partial charge in [-0.05, 0) is 43.5 Å². The van der Waals surface area contributed by atoms with E-state index < -0.39 is 0 Å². The molecule has 0 fully saturated rings. The van der Waals surface area contributed by atoms with E-state index in [1.165, 1.54) is 0 Å². The van der Waals surface area contributed by atoms with Gasteiger partial charge in [0.25, 0.3) is 0 Å². The molecule has 1 aromatic carbocycles. The first-order valence-electron chi connectivity index (χ1n) is 8.43. The number of nitrogens with one attached hydrogen (secondary N) is 1. The van der Waals surface area contributed by atoms with Crippen LogP contribution in [0.15, 0.2) is 42.7 Å². The van der Waals surface area contributed by atoms with Gasteiger partial charge in [0, 0.05) is 30.1 Å². The fraction of sp³-hybridized carbons (Fsp3) is 0.300. The first-order chi connectivity index (χ1) is 11.6. The van der Waals surface area contributed by atoms with Crippen molar-refractivity contribution in [3.05, 3.63) is 53.9 Å². The van der Waals surface area contributed by atoms with Crippen molar-refractivity contribution in [2.45, 2.75) is 40.0 Å². The third-order valence-electron chi connectivity index (χ3n) is 4.24. The molecule has 3 aromatic rings. The predicted molar refractivity (Wildman–Crippen MR) is 98.3 cm³/mol. The van der Waals surface area contributed by atoms with Crippen LogP contribution in [0.1, 0.15) is 37.3 Å². The van der Waals surface area contributed by atoms with Crippen molar-refractivity contribution in [2.24, 2.45) is 0 Å². The van der Waals surface area contributed by atoms with Crippen LogP contribution in [-0.4, -0.2) is 15.3 Å². The molecule has 1 N–H and O–H groups in total. The molecule has 24 heavy (non-hydrogen) atoms. The van der Waals surface area contributed by atoms with E-state index in [4.69, 9.17) is 4.98 Å². The third kappa shape index (κ3) is 3.32. The molecule has 0 saturated heterocycles. The Morgan fingerprint density at radius 1 is 1.21 bits per heavy atom. The number of aryl methyl sites for hydroxylation is 2. The van der Waals surface area contributed by atoms with Crippen molar-refractivity contribution >= 4 is 17.2 Å². The standard InChI is InChI=1S/C20H23N3O/c1-4-5-8-19(24)21-17-12-16(10-9-14(17)2)18-13-23-11-6-7-15(3)20(23)22-18/h6-7,9-13H,4-5,8H2,1-3H3,(H,21,24). The number of imidazole rings is 1. The lowest BCUT2D eigenvalue weighted by Crippen LogP contribution is -2.12. The number of benzene rings is 1. The maximum Gasteiger partial charge on any atom is 0.224 e. The van der Waals surface area contributed by atoms with Gasteiger partial charge in [0.1, 0.15) is 5.65 Å². The molecule has 4 heteroatoms. The van der Waals surface area contributed by atoms with Crippen molar-refractivity contribution in [3.63, 3.8) is 0 Å². The summed E-state index contributed by atoms with van der Waals surface area (Å²) in [6.07, 6.45) is 6.52. The third-order valence-corrected chi connectivity index (χ3v) is 4.24. The van der Waals surface area contributed by atoms with Crippen LogP contribution in [0.2, 0.25) is 0 Å². The Bertz CT molecular complexity index is 880. The Morgan fingerprint density at radius 3 is 2.79 bits per heavy atom. The molecule has 0 radical (unpaired) electrons. The Balaban J connectivity index is 1.92. The zero-order valence-electron chi connectivity index (χ0n) is 14.5. The summed E-state index contributed by atoms with van der Waals surface area (Å²) in [5.41, 5.74) is 5.94. The highest BCUT2D eigenvalue weighted by atomic mass is 16.1. The number of aromatic nitrogens is 2. The summed E-state index contributed by atoms with van der Waals surface area (Å²) in [7, 11) is 0. The monoisotopic (exact) mass is 321 g/mol. The second kappa shape index (κ2) is 6.87. The van der Waals surface area contributed by atoms with E-state index in [0.717, 1.165) is 46.6 Å². The van der Waals surface area contributed by atoms with Crippen LogP contribution < -0.4 is 5.32 Å². The summed E-state index contributed by atoms with van der Waals surface area (Å²) >= 11 is 0. The highest BCUT2D eigenvalue weighted by molar-refractivity contribution is 5.92. The molecule has 0 aliphatic carbocycles. The predicted octanol–water partition coefficient (Wildman–Crippen LogP) is 4.75. The first-order valence-corrected chi connectivity index (χ1v) is 8.43. The minimum absolute atomic E-state index is 0.0722. The van der Waals surface area contributed by atoms with Crippen LogP contribution in [0.3, 0.4) is 0 Å². The summed E-state index contributed by atoms with van der Waals surface area (Å²) in [6, 6.07) is 10.2. The Morgan fingerprint density at radius 2 is 2.04 bits per heavy atom.